The molecule has 1 saturated heterocycles. The van der Waals surface area contributed by atoms with Gasteiger partial charge in [0.05, 0.1) is 24.2 Å². The maximum Gasteiger partial charge on any atom is 0.237 e. The number of hydrogen-bond donors (Lipinski definition) is 1. The first kappa shape index (κ1) is 19.0. The van der Waals surface area contributed by atoms with Gasteiger partial charge in [-0.2, -0.15) is 0 Å². The lowest BCUT2D eigenvalue weighted by Gasteiger charge is -2.29. The molecule has 2 aromatic carbocycles. The van der Waals surface area contributed by atoms with Crippen LogP contribution < -0.4 is 10.2 Å². The number of carbonyl (C=O) groups is 1. The van der Waals surface area contributed by atoms with Crippen LogP contribution in [0.15, 0.2) is 47.4 Å². The lowest BCUT2D eigenvalue weighted by molar-refractivity contribution is -0.115. The fourth-order valence-electron chi connectivity index (χ4n) is 2.66. The van der Waals surface area contributed by atoms with Gasteiger partial charge in [-0.3, -0.25) is 4.79 Å². The second kappa shape index (κ2) is 8.75. The number of benzene rings is 2. The Hall–Kier alpha value is -1.76. The quantitative estimate of drug-likeness (QED) is 0.761. The summed E-state index contributed by atoms with van der Waals surface area (Å²) in [4.78, 5) is 15.3. The number of morpholine rings is 1. The summed E-state index contributed by atoms with van der Waals surface area (Å²) in [6, 6.07) is 12.1. The SMILES string of the molecule is CC(Sc1ccc(Cl)cc1)C(=O)Nc1ccc(N2CCOCC2)c(F)c1. The highest BCUT2D eigenvalue weighted by atomic mass is 35.5. The molecule has 1 atom stereocenters. The molecular formula is C19H20ClFN2O2S. The summed E-state index contributed by atoms with van der Waals surface area (Å²) in [5.74, 6) is -0.522. The Kier molecular flexibility index (Phi) is 6.40. The fraction of sp³-hybridized carbons (Fsp3) is 0.316. The second-order valence-corrected chi connectivity index (χ2v) is 7.82. The summed E-state index contributed by atoms with van der Waals surface area (Å²) in [5, 5.41) is 3.11. The molecule has 0 bridgehead atoms. The van der Waals surface area contributed by atoms with Crippen LogP contribution in [0.2, 0.25) is 5.02 Å². The van der Waals surface area contributed by atoms with Crippen molar-refractivity contribution in [1.29, 1.82) is 0 Å². The molecule has 1 fully saturated rings. The van der Waals surface area contributed by atoms with Crippen LogP contribution in [0.3, 0.4) is 0 Å². The summed E-state index contributed by atoms with van der Waals surface area (Å²) >= 11 is 7.29. The first-order valence-corrected chi connectivity index (χ1v) is 9.64. The highest BCUT2D eigenvalue weighted by Crippen LogP contribution is 2.27. The van der Waals surface area contributed by atoms with Gasteiger partial charge in [0.15, 0.2) is 0 Å². The minimum Gasteiger partial charge on any atom is -0.378 e. The number of rotatable bonds is 5. The van der Waals surface area contributed by atoms with Gasteiger partial charge in [-0.15, -0.1) is 11.8 Å². The molecule has 1 N–H and O–H groups in total. The lowest BCUT2D eigenvalue weighted by Crippen LogP contribution is -2.36. The van der Waals surface area contributed by atoms with E-state index in [2.05, 4.69) is 5.32 Å². The number of nitrogens with one attached hydrogen (secondary N) is 1. The normalized spacial score (nSPS) is 15.6. The summed E-state index contributed by atoms with van der Waals surface area (Å²) < 4.78 is 19.7. The predicted molar refractivity (Wildman–Crippen MR) is 105 cm³/mol. The first-order chi connectivity index (χ1) is 12.5. The molecule has 7 heteroatoms. The van der Waals surface area contributed by atoms with E-state index in [0.717, 1.165) is 4.90 Å². The Labute approximate surface area is 161 Å². The number of thioether (sulfide) groups is 1. The van der Waals surface area contributed by atoms with E-state index in [4.69, 9.17) is 16.3 Å². The molecule has 0 saturated carbocycles. The zero-order valence-electron chi connectivity index (χ0n) is 14.4. The van der Waals surface area contributed by atoms with Crippen molar-refractivity contribution in [2.24, 2.45) is 0 Å². The standard InChI is InChI=1S/C19H20ClFN2O2S/c1-13(26-16-5-2-14(20)3-6-16)19(24)22-15-4-7-18(17(21)12-15)23-8-10-25-11-9-23/h2-7,12-13H,8-11H2,1H3,(H,22,24). The minimum absolute atomic E-state index is 0.177. The predicted octanol–water partition coefficient (Wildman–Crippen LogP) is 4.44. The third kappa shape index (κ3) is 4.90. The number of ether oxygens (including phenoxy) is 1. The third-order valence-corrected chi connectivity index (χ3v) is 5.43. The van der Waals surface area contributed by atoms with Gasteiger partial charge in [-0.05, 0) is 49.4 Å². The molecule has 3 rings (SSSR count). The molecule has 1 aliphatic rings. The average Bonchev–Trinajstić information content (AvgIpc) is 2.64. The number of hydrogen-bond acceptors (Lipinski definition) is 4. The Morgan fingerprint density at radius 2 is 1.92 bits per heavy atom. The van der Waals surface area contributed by atoms with Crippen molar-refractivity contribution in [3.63, 3.8) is 0 Å². The molecule has 0 aromatic heterocycles. The smallest absolute Gasteiger partial charge is 0.237 e. The molecule has 138 valence electrons. The van der Waals surface area contributed by atoms with E-state index in [0.29, 0.717) is 42.7 Å². The monoisotopic (exact) mass is 394 g/mol. The van der Waals surface area contributed by atoms with E-state index in [1.54, 1.807) is 24.3 Å². The number of carbonyl (C=O) groups excluding carboxylic acids is 1. The number of nitrogens with zero attached hydrogens (tertiary/aromatic N) is 1. The van der Waals surface area contributed by atoms with Crippen molar-refractivity contribution >= 4 is 40.6 Å². The molecule has 1 heterocycles. The van der Waals surface area contributed by atoms with Crippen molar-refractivity contribution in [2.75, 3.05) is 36.5 Å². The van der Waals surface area contributed by atoms with Crippen molar-refractivity contribution in [3.05, 3.63) is 53.3 Å². The van der Waals surface area contributed by atoms with Crippen molar-refractivity contribution in [1.82, 2.24) is 0 Å². The van der Waals surface area contributed by atoms with Gasteiger partial charge in [-0.25, -0.2) is 4.39 Å². The summed E-state index contributed by atoms with van der Waals surface area (Å²) in [7, 11) is 0. The van der Waals surface area contributed by atoms with Crippen molar-refractivity contribution in [3.8, 4) is 0 Å². The van der Waals surface area contributed by atoms with Crippen LogP contribution in [0.25, 0.3) is 0 Å². The molecule has 1 amide bonds. The summed E-state index contributed by atoms with van der Waals surface area (Å²) in [6.07, 6.45) is 0. The fourth-order valence-corrected chi connectivity index (χ4v) is 3.65. The van der Waals surface area contributed by atoms with Crippen LogP contribution in [0.5, 0.6) is 0 Å². The van der Waals surface area contributed by atoms with Gasteiger partial charge < -0.3 is 15.0 Å². The molecule has 26 heavy (non-hydrogen) atoms. The van der Waals surface area contributed by atoms with E-state index in [1.807, 2.05) is 24.0 Å². The Morgan fingerprint density at radius 1 is 1.23 bits per heavy atom. The van der Waals surface area contributed by atoms with Crippen molar-refractivity contribution < 1.29 is 13.9 Å². The number of amides is 1. The molecule has 1 aliphatic heterocycles. The summed E-state index contributed by atoms with van der Waals surface area (Å²) in [6.45, 7) is 4.33. The number of halogens is 2. The van der Waals surface area contributed by atoms with Crippen LogP contribution in [0.4, 0.5) is 15.8 Å². The maximum atomic E-state index is 14.4. The Morgan fingerprint density at radius 3 is 2.58 bits per heavy atom. The van der Waals surface area contributed by atoms with Crippen molar-refractivity contribution in [2.45, 2.75) is 17.1 Å². The largest absolute Gasteiger partial charge is 0.378 e. The highest BCUT2D eigenvalue weighted by Gasteiger charge is 2.18. The van der Waals surface area contributed by atoms with Gasteiger partial charge in [0.2, 0.25) is 5.91 Å². The van der Waals surface area contributed by atoms with Crippen LogP contribution in [0.1, 0.15) is 6.92 Å². The zero-order chi connectivity index (χ0) is 18.5. The van der Waals surface area contributed by atoms with Gasteiger partial charge >= 0.3 is 0 Å². The Bertz CT molecular complexity index is 767. The Balaban J connectivity index is 1.61. The maximum absolute atomic E-state index is 14.4. The van der Waals surface area contributed by atoms with Crippen LogP contribution in [0, 0.1) is 5.82 Å². The van der Waals surface area contributed by atoms with Crippen LogP contribution >= 0.6 is 23.4 Å². The second-order valence-electron chi connectivity index (χ2n) is 5.97. The molecule has 4 nitrogen and oxygen atoms in total. The van der Waals surface area contributed by atoms with Gasteiger partial charge in [0.1, 0.15) is 5.82 Å². The molecule has 0 aliphatic carbocycles. The van der Waals surface area contributed by atoms with E-state index in [9.17, 15) is 9.18 Å². The van der Waals surface area contributed by atoms with Gasteiger partial charge in [-0.1, -0.05) is 11.6 Å². The highest BCUT2D eigenvalue weighted by molar-refractivity contribution is 8.00. The van der Waals surface area contributed by atoms with Crippen LogP contribution in [-0.2, 0) is 9.53 Å². The average molecular weight is 395 g/mol. The lowest BCUT2D eigenvalue weighted by atomic mass is 10.2. The molecule has 2 aromatic rings. The van der Waals surface area contributed by atoms with Gasteiger partial charge in [0.25, 0.3) is 0 Å². The third-order valence-electron chi connectivity index (χ3n) is 4.06. The number of anilines is 2. The molecule has 0 radical (unpaired) electrons. The van der Waals surface area contributed by atoms with E-state index < -0.39 is 0 Å². The molecule has 0 spiro atoms. The molecular weight excluding hydrogens is 375 g/mol. The summed E-state index contributed by atoms with van der Waals surface area (Å²) in [5.41, 5.74) is 0.989. The van der Waals surface area contributed by atoms with E-state index in [1.165, 1.54) is 17.8 Å². The topological polar surface area (TPSA) is 41.6 Å². The minimum atomic E-state index is -0.345. The first-order valence-electron chi connectivity index (χ1n) is 8.38. The molecule has 1 unspecified atom stereocenters. The van der Waals surface area contributed by atoms with E-state index >= 15 is 0 Å². The van der Waals surface area contributed by atoms with Crippen LogP contribution in [-0.4, -0.2) is 37.5 Å². The van der Waals surface area contributed by atoms with Gasteiger partial charge in [0, 0.05) is 28.7 Å². The zero-order valence-corrected chi connectivity index (χ0v) is 15.9. The van der Waals surface area contributed by atoms with E-state index in [-0.39, 0.29) is 17.0 Å².